The number of nitrogens with two attached hydrogens (primary N) is 1. The molecule has 0 amide bonds. The van der Waals surface area contributed by atoms with Crippen LogP contribution in [0.3, 0.4) is 0 Å². The van der Waals surface area contributed by atoms with Crippen molar-refractivity contribution < 1.29 is 13.2 Å². The Morgan fingerprint density at radius 3 is 2.53 bits per heavy atom. The molecule has 0 unspecified atom stereocenters. The van der Waals surface area contributed by atoms with Crippen molar-refractivity contribution in [1.29, 1.82) is 0 Å². The molecule has 19 heavy (non-hydrogen) atoms. The third-order valence-electron chi connectivity index (χ3n) is 2.85. The monoisotopic (exact) mass is 286 g/mol. The van der Waals surface area contributed by atoms with Crippen LogP contribution in [0.2, 0.25) is 0 Å². The van der Waals surface area contributed by atoms with Crippen molar-refractivity contribution in [2.45, 2.75) is 31.7 Å². The van der Waals surface area contributed by atoms with E-state index < -0.39 is 15.6 Å². The van der Waals surface area contributed by atoms with Gasteiger partial charge in [-0.2, -0.15) is 0 Å². The van der Waals surface area contributed by atoms with Crippen LogP contribution in [-0.2, 0) is 27.1 Å². The smallest absolute Gasteiger partial charge is 0.215 e. The summed E-state index contributed by atoms with van der Waals surface area (Å²) in [6.45, 7) is 4.29. The second-order valence-electron chi connectivity index (χ2n) is 5.07. The minimum Gasteiger partial charge on any atom is -0.377 e. The van der Waals surface area contributed by atoms with Gasteiger partial charge in [-0.25, -0.2) is 13.1 Å². The fourth-order valence-corrected chi connectivity index (χ4v) is 2.76. The zero-order valence-electron chi connectivity index (χ0n) is 11.6. The molecule has 0 saturated carbocycles. The van der Waals surface area contributed by atoms with Crippen molar-refractivity contribution in [3.63, 3.8) is 0 Å². The van der Waals surface area contributed by atoms with Crippen molar-refractivity contribution in [2.24, 2.45) is 5.73 Å². The van der Waals surface area contributed by atoms with Crippen LogP contribution in [0.1, 0.15) is 25.0 Å². The third-order valence-corrected chi connectivity index (χ3v) is 4.15. The van der Waals surface area contributed by atoms with Crippen LogP contribution in [0, 0.1) is 0 Å². The van der Waals surface area contributed by atoms with E-state index in [0.717, 1.165) is 11.1 Å². The Morgan fingerprint density at radius 1 is 1.32 bits per heavy atom. The quantitative estimate of drug-likeness (QED) is 0.783. The van der Waals surface area contributed by atoms with E-state index in [1.165, 1.54) is 0 Å². The molecule has 0 bridgehead atoms. The number of ether oxygens (including phenoxy) is 1. The summed E-state index contributed by atoms with van der Waals surface area (Å²) in [5.74, 6) is -0.0549. The molecule has 0 saturated heterocycles. The first kappa shape index (κ1) is 16.1. The van der Waals surface area contributed by atoms with E-state index in [0.29, 0.717) is 6.54 Å². The highest BCUT2D eigenvalue weighted by Crippen LogP contribution is 2.10. The Hall–Kier alpha value is -0.950. The SMILES string of the molecule is COC(C)(C)CNS(=O)(=O)Cc1cccc(CN)c1. The highest BCUT2D eigenvalue weighted by atomic mass is 32.2. The van der Waals surface area contributed by atoms with Crippen LogP contribution in [0.4, 0.5) is 0 Å². The van der Waals surface area contributed by atoms with Crippen LogP contribution < -0.4 is 10.5 Å². The molecule has 0 aromatic heterocycles. The summed E-state index contributed by atoms with van der Waals surface area (Å²) in [5, 5.41) is 0. The van der Waals surface area contributed by atoms with E-state index in [4.69, 9.17) is 10.5 Å². The van der Waals surface area contributed by atoms with Crippen molar-refractivity contribution in [1.82, 2.24) is 4.72 Å². The number of hydrogen-bond donors (Lipinski definition) is 2. The van der Waals surface area contributed by atoms with Crippen molar-refractivity contribution in [3.05, 3.63) is 35.4 Å². The van der Waals surface area contributed by atoms with Gasteiger partial charge in [0.2, 0.25) is 10.0 Å². The molecule has 108 valence electrons. The van der Waals surface area contributed by atoms with E-state index in [2.05, 4.69) is 4.72 Å². The molecule has 1 aromatic rings. The predicted octanol–water partition coefficient (Wildman–Crippen LogP) is 0.990. The molecule has 1 rings (SSSR count). The minimum atomic E-state index is -3.37. The fraction of sp³-hybridized carbons (Fsp3) is 0.538. The summed E-state index contributed by atoms with van der Waals surface area (Å²) < 4.78 is 31.7. The summed E-state index contributed by atoms with van der Waals surface area (Å²) in [7, 11) is -1.82. The first-order valence-electron chi connectivity index (χ1n) is 6.08. The topological polar surface area (TPSA) is 81.4 Å². The summed E-state index contributed by atoms with van der Waals surface area (Å²) in [6, 6.07) is 7.27. The molecule has 3 N–H and O–H groups in total. The maximum Gasteiger partial charge on any atom is 0.215 e. The molecule has 0 aliphatic carbocycles. The molecule has 0 heterocycles. The van der Waals surface area contributed by atoms with Crippen LogP contribution in [0.5, 0.6) is 0 Å². The molecule has 0 atom stereocenters. The Balaban J connectivity index is 2.69. The largest absolute Gasteiger partial charge is 0.377 e. The zero-order valence-corrected chi connectivity index (χ0v) is 12.5. The third kappa shape index (κ3) is 5.69. The van der Waals surface area contributed by atoms with Crippen LogP contribution >= 0.6 is 0 Å². The molecule has 5 nitrogen and oxygen atoms in total. The molecule has 0 spiro atoms. The van der Waals surface area contributed by atoms with E-state index in [-0.39, 0.29) is 12.3 Å². The maximum absolute atomic E-state index is 12.0. The fourth-order valence-electron chi connectivity index (χ4n) is 1.47. The van der Waals surface area contributed by atoms with Crippen LogP contribution in [-0.4, -0.2) is 27.7 Å². The van der Waals surface area contributed by atoms with E-state index in [1.54, 1.807) is 19.2 Å². The summed E-state index contributed by atoms with van der Waals surface area (Å²) in [4.78, 5) is 0. The highest BCUT2D eigenvalue weighted by Gasteiger charge is 2.20. The number of sulfonamides is 1. The van der Waals surface area contributed by atoms with Crippen LogP contribution in [0.15, 0.2) is 24.3 Å². The second-order valence-corrected chi connectivity index (χ2v) is 6.87. The van der Waals surface area contributed by atoms with E-state index >= 15 is 0 Å². The molecular formula is C13H22N2O3S. The van der Waals surface area contributed by atoms with Crippen molar-refractivity contribution in [3.8, 4) is 0 Å². The number of nitrogens with one attached hydrogen (secondary N) is 1. The molecule has 0 aliphatic heterocycles. The lowest BCUT2D eigenvalue weighted by atomic mass is 10.1. The molecular weight excluding hydrogens is 264 g/mol. The van der Waals surface area contributed by atoms with E-state index in [1.807, 2.05) is 26.0 Å². The first-order chi connectivity index (χ1) is 8.78. The number of methoxy groups -OCH3 is 1. The maximum atomic E-state index is 12.0. The van der Waals surface area contributed by atoms with Gasteiger partial charge in [-0.05, 0) is 25.0 Å². The molecule has 0 aliphatic rings. The lowest BCUT2D eigenvalue weighted by Gasteiger charge is -2.23. The van der Waals surface area contributed by atoms with Gasteiger partial charge in [-0.3, -0.25) is 0 Å². The average molecular weight is 286 g/mol. The molecule has 6 heteroatoms. The normalized spacial score (nSPS) is 12.6. The number of rotatable bonds is 7. The number of benzene rings is 1. The van der Waals surface area contributed by atoms with Gasteiger partial charge in [0.15, 0.2) is 0 Å². The summed E-state index contributed by atoms with van der Waals surface area (Å²) >= 11 is 0. The predicted molar refractivity (Wildman–Crippen MR) is 76.0 cm³/mol. The van der Waals surface area contributed by atoms with Gasteiger partial charge in [-0.15, -0.1) is 0 Å². The average Bonchev–Trinajstić information content (AvgIpc) is 2.36. The lowest BCUT2D eigenvalue weighted by molar-refractivity contribution is 0.0276. The summed E-state index contributed by atoms with van der Waals surface area (Å²) in [6.07, 6.45) is 0. The van der Waals surface area contributed by atoms with Crippen molar-refractivity contribution >= 4 is 10.0 Å². The second kappa shape index (κ2) is 6.47. The molecule has 0 radical (unpaired) electrons. The zero-order chi connectivity index (χ0) is 14.5. The highest BCUT2D eigenvalue weighted by molar-refractivity contribution is 7.88. The lowest BCUT2D eigenvalue weighted by Crippen LogP contribution is -2.40. The van der Waals surface area contributed by atoms with Gasteiger partial charge in [0.05, 0.1) is 11.4 Å². The minimum absolute atomic E-state index is 0.0549. The van der Waals surface area contributed by atoms with Gasteiger partial charge in [0.25, 0.3) is 0 Å². The van der Waals surface area contributed by atoms with Crippen molar-refractivity contribution in [2.75, 3.05) is 13.7 Å². The molecule has 1 aromatic carbocycles. The van der Waals surface area contributed by atoms with E-state index in [9.17, 15) is 8.42 Å². The standard InChI is InChI=1S/C13H22N2O3S/c1-13(2,18-3)10-15-19(16,17)9-12-6-4-5-11(7-12)8-14/h4-7,15H,8-10,14H2,1-3H3. The Morgan fingerprint density at radius 2 is 1.95 bits per heavy atom. The Labute approximate surface area is 115 Å². The Bertz CT molecular complexity index is 512. The van der Waals surface area contributed by atoms with Gasteiger partial charge in [-0.1, -0.05) is 24.3 Å². The first-order valence-corrected chi connectivity index (χ1v) is 7.73. The Kier molecular flexibility index (Phi) is 5.49. The van der Waals surface area contributed by atoms with Gasteiger partial charge in [0.1, 0.15) is 0 Å². The van der Waals surface area contributed by atoms with Gasteiger partial charge < -0.3 is 10.5 Å². The van der Waals surface area contributed by atoms with Gasteiger partial charge in [0, 0.05) is 20.2 Å². The number of hydrogen-bond acceptors (Lipinski definition) is 4. The van der Waals surface area contributed by atoms with Gasteiger partial charge >= 0.3 is 0 Å². The summed E-state index contributed by atoms with van der Waals surface area (Å²) in [5.41, 5.74) is 6.66. The molecule has 0 fully saturated rings. The van der Waals surface area contributed by atoms with Crippen LogP contribution in [0.25, 0.3) is 0 Å².